The van der Waals surface area contributed by atoms with Gasteiger partial charge in [-0.25, -0.2) is 26.6 Å². The van der Waals surface area contributed by atoms with E-state index in [4.69, 9.17) is 9.47 Å². The second-order valence-corrected chi connectivity index (χ2v) is 10.3. The first-order valence-corrected chi connectivity index (χ1v) is 13.4. The molecule has 1 aliphatic heterocycles. The van der Waals surface area contributed by atoms with Crippen LogP contribution in [0.3, 0.4) is 0 Å². The molecule has 9 nitrogen and oxygen atoms in total. The number of nitrogens with zero attached hydrogens (tertiary/aromatic N) is 4. The lowest BCUT2D eigenvalue weighted by Crippen LogP contribution is -2.31. The number of ether oxygens (including phenoxy) is 2. The molecule has 1 amide bonds. The molecule has 0 saturated carbocycles. The highest BCUT2D eigenvalue weighted by Crippen LogP contribution is 2.39. The summed E-state index contributed by atoms with van der Waals surface area (Å²) < 4.78 is 82.5. The van der Waals surface area contributed by atoms with Gasteiger partial charge in [-0.2, -0.15) is 0 Å². The lowest BCUT2D eigenvalue weighted by atomic mass is 10.0. The van der Waals surface area contributed by atoms with Gasteiger partial charge in [0.05, 0.1) is 18.8 Å². The number of hydrogen-bond acceptors (Lipinski definition) is 8. The quantitative estimate of drug-likeness (QED) is 0.125. The summed E-state index contributed by atoms with van der Waals surface area (Å²) >= 11 is 1.40. The van der Waals surface area contributed by atoms with Crippen molar-refractivity contribution in [1.29, 1.82) is 0 Å². The minimum absolute atomic E-state index is 0.0292. The molecule has 5 rings (SSSR count). The number of nitrogens with one attached hydrogen (secondary N) is 1. The normalized spacial score (nSPS) is 18.7. The Morgan fingerprint density at radius 3 is 2.17 bits per heavy atom. The van der Waals surface area contributed by atoms with Gasteiger partial charge < -0.3 is 19.9 Å². The Balaban J connectivity index is 1.34. The molecular weight excluding hydrogens is 585 g/mol. The van der Waals surface area contributed by atoms with Gasteiger partial charge in [0.1, 0.15) is 5.56 Å². The lowest BCUT2D eigenvalue weighted by Gasteiger charge is -2.36. The summed E-state index contributed by atoms with van der Waals surface area (Å²) in [5.74, 6) is -12.3. The first-order valence-electron chi connectivity index (χ1n) is 12.4. The molecule has 42 heavy (non-hydrogen) atoms. The standard InChI is InChI=1S/C27H22F5N5O4S/c1-37-27(34-35-36-37)42-12-17-10-18(14-4-2-13(11-38)3-5-14)41-26(40-17)15-6-8-16(9-7-15)33-25(39)19-20(28)22(30)24(32)23(31)21(19)29/h2-9,17-18,26,38H,10-12H2,1H3,(H,33,39)/t17-,18+,26+/m1/s1. The van der Waals surface area contributed by atoms with Gasteiger partial charge in [0.15, 0.2) is 29.6 Å². The number of carbonyl (C=O) groups is 1. The van der Waals surface area contributed by atoms with E-state index in [0.717, 1.165) is 11.1 Å². The largest absolute Gasteiger partial charge is 0.392 e. The Morgan fingerprint density at radius 2 is 1.57 bits per heavy atom. The maximum Gasteiger partial charge on any atom is 0.261 e. The summed E-state index contributed by atoms with van der Waals surface area (Å²) in [7, 11) is 1.72. The fourth-order valence-electron chi connectivity index (χ4n) is 4.26. The zero-order valence-corrected chi connectivity index (χ0v) is 22.5. The van der Waals surface area contributed by atoms with Crippen molar-refractivity contribution in [2.24, 2.45) is 7.05 Å². The van der Waals surface area contributed by atoms with Crippen LogP contribution in [-0.2, 0) is 23.1 Å². The van der Waals surface area contributed by atoms with E-state index in [-0.39, 0.29) is 24.5 Å². The summed E-state index contributed by atoms with van der Waals surface area (Å²) in [6.07, 6.45) is -1.04. The summed E-state index contributed by atoms with van der Waals surface area (Å²) in [6.45, 7) is -0.101. The van der Waals surface area contributed by atoms with Crippen LogP contribution in [0.1, 0.15) is 45.9 Å². The smallest absolute Gasteiger partial charge is 0.261 e. The summed E-state index contributed by atoms with van der Waals surface area (Å²) in [6, 6.07) is 13.1. The summed E-state index contributed by atoms with van der Waals surface area (Å²) in [4.78, 5) is 12.4. The van der Waals surface area contributed by atoms with Crippen LogP contribution in [0.5, 0.6) is 0 Å². The minimum atomic E-state index is -2.36. The highest BCUT2D eigenvalue weighted by molar-refractivity contribution is 7.99. The third-order valence-corrected chi connectivity index (χ3v) is 7.61. The van der Waals surface area contributed by atoms with Crippen molar-refractivity contribution < 1.29 is 41.3 Å². The van der Waals surface area contributed by atoms with Gasteiger partial charge in [-0.3, -0.25) is 4.79 Å². The molecule has 1 fully saturated rings. The number of halogens is 5. The van der Waals surface area contributed by atoms with E-state index in [1.165, 1.54) is 40.7 Å². The van der Waals surface area contributed by atoms with Crippen LogP contribution in [0, 0.1) is 29.1 Å². The molecule has 3 aromatic carbocycles. The number of aromatic nitrogens is 4. The third-order valence-electron chi connectivity index (χ3n) is 6.47. The maximum absolute atomic E-state index is 14.1. The van der Waals surface area contributed by atoms with E-state index in [0.29, 0.717) is 22.9 Å². The number of amides is 1. The molecule has 3 atom stereocenters. The molecule has 0 bridgehead atoms. The van der Waals surface area contributed by atoms with Crippen LogP contribution in [0.4, 0.5) is 27.6 Å². The first-order chi connectivity index (χ1) is 20.2. The van der Waals surface area contributed by atoms with Crippen molar-refractivity contribution in [1.82, 2.24) is 20.2 Å². The molecule has 0 aliphatic carbocycles. The van der Waals surface area contributed by atoms with Gasteiger partial charge >= 0.3 is 0 Å². The molecule has 1 aliphatic rings. The van der Waals surface area contributed by atoms with Crippen molar-refractivity contribution in [2.45, 2.75) is 36.7 Å². The van der Waals surface area contributed by atoms with Crippen LogP contribution in [0.25, 0.3) is 0 Å². The number of thioether (sulfide) groups is 1. The SMILES string of the molecule is Cn1nnnc1SC[C@H]1C[C@@H](c2ccc(CO)cc2)O[C@@H](c2ccc(NC(=O)c3c(F)c(F)c(F)c(F)c3F)cc2)O1. The van der Waals surface area contributed by atoms with E-state index in [1.807, 2.05) is 12.1 Å². The molecule has 15 heteroatoms. The molecule has 4 aromatic rings. The predicted molar refractivity (Wildman–Crippen MR) is 139 cm³/mol. The number of carbonyl (C=O) groups excluding carboxylic acids is 1. The van der Waals surface area contributed by atoms with Crippen LogP contribution < -0.4 is 5.32 Å². The van der Waals surface area contributed by atoms with Crippen molar-refractivity contribution in [3.05, 3.63) is 99.9 Å². The Hall–Kier alpha value is -3.92. The number of aliphatic hydroxyl groups excluding tert-OH is 1. The Labute approximate surface area is 239 Å². The van der Waals surface area contributed by atoms with E-state index in [1.54, 1.807) is 19.2 Å². The number of benzene rings is 3. The van der Waals surface area contributed by atoms with E-state index < -0.39 is 46.8 Å². The average molecular weight is 608 g/mol. The van der Waals surface area contributed by atoms with Gasteiger partial charge in [0.25, 0.3) is 5.91 Å². The molecule has 0 spiro atoms. The number of rotatable bonds is 8. The Bertz CT molecular complexity index is 1560. The zero-order chi connectivity index (χ0) is 30.0. The summed E-state index contributed by atoms with van der Waals surface area (Å²) in [5.41, 5.74) is 0.580. The highest BCUT2D eigenvalue weighted by Gasteiger charge is 2.33. The fourth-order valence-corrected chi connectivity index (χ4v) is 5.12. The highest BCUT2D eigenvalue weighted by atomic mass is 32.2. The Kier molecular flexibility index (Phi) is 8.82. The summed E-state index contributed by atoms with van der Waals surface area (Å²) in [5, 5.41) is 23.5. The van der Waals surface area contributed by atoms with Crippen molar-refractivity contribution in [2.75, 3.05) is 11.1 Å². The van der Waals surface area contributed by atoms with Gasteiger partial charge in [0, 0.05) is 30.5 Å². The molecule has 2 N–H and O–H groups in total. The Morgan fingerprint density at radius 1 is 0.952 bits per heavy atom. The van der Waals surface area contributed by atoms with Crippen LogP contribution in [0.15, 0.2) is 53.7 Å². The number of aliphatic hydroxyl groups is 1. The molecule has 1 aromatic heterocycles. The van der Waals surface area contributed by atoms with Crippen molar-refractivity contribution in [3.8, 4) is 0 Å². The van der Waals surface area contributed by atoms with Gasteiger partial charge in [-0.05, 0) is 33.7 Å². The minimum Gasteiger partial charge on any atom is -0.392 e. The van der Waals surface area contributed by atoms with Gasteiger partial charge in [0.2, 0.25) is 11.0 Å². The molecule has 1 saturated heterocycles. The molecular formula is C27H22F5N5O4S. The van der Waals surface area contributed by atoms with Crippen LogP contribution >= 0.6 is 11.8 Å². The van der Waals surface area contributed by atoms with Crippen LogP contribution in [-0.4, -0.2) is 43.1 Å². The molecule has 0 radical (unpaired) electrons. The fraction of sp³-hybridized carbons (Fsp3) is 0.259. The van der Waals surface area contributed by atoms with Crippen molar-refractivity contribution >= 4 is 23.4 Å². The van der Waals surface area contributed by atoms with Crippen LogP contribution in [0.2, 0.25) is 0 Å². The number of anilines is 1. The lowest BCUT2D eigenvalue weighted by molar-refractivity contribution is -0.245. The average Bonchev–Trinajstić information content (AvgIpc) is 3.42. The second kappa shape index (κ2) is 12.5. The monoisotopic (exact) mass is 607 g/mol. The number of tetrazole rings is 1. The van der Waals surface area contributed by atoms with Crippen molar-refractivity contribution in [3.63, 3.8) is 0 Å². The molecule has 2 heterocycles. The predicted octanol–water partition coefficient (Wildman–Crippen LogP) is 4.99. The topological polar surface area (TPSA) is 111 Å². The third kappa shape index (κ3) is 6.13. The number of aryl methyl sites for hydroxylation is 1. The van der Waals surface area contributed by atoms with E-state index in [2.05, 4.69) is 20.8 Å². The van der Waals surface area contributed by atoms with E-state index >= 15 is 0 Å². The first kappa shape index (κ1) is 29.6. The van der Waals surface area contributed by atoms with Gasteiger partial charge in [-0.15, -0.1) is 5.10 Å². The number of hydrogen-bond donors (Lipinski definition) is 2. The zero-order valence-electron chi connectivity index (χ0n) is 21.7. The van der Waals surface area contributed by atoms with E-state index in [9.17, 15) is 31.9 Å². The maximum atomic E-state index is 14.1. The molecule has 220 valence electrons. The molecule has 0 unspecified atom stereocenters. The van der Waals surface area contributed by atoms with Gasteiger partial charge in [-0.1, -0.05) is 48.2 Å². The second-order valence-electron chi connectivity index (χ2n) is 9.27.